The molecule has 0 saturated carbocycles. The third kappa shape index (κ3) is 3.90. The topological polar surface area (TPSA) is 108 Å². The van der Waals surface area contributed by atoms with Crippen LogP contribution in [-0.4, -0.2) is 30.8 Å². The minimum Gasteiger partial charge on any atom is -0.493 e. The highest BCUT2D eigenvalue weighted by Crippen LogP contribution is 2.28. The minimum absolute atomic E-state index is 0.0663. The summed E-state index contributed by atoms with van der Waals surface area (Å²) in [7, 11) is 1.51. The molecule has 1 amide bonds. The van der Waals surface area contributed by atoms with E-state index in [4.69, 9.17) is 26.0 Å². The van der Waals surface area contributed by atoms with Gasteiger partial charge in [0.15, 0.2) is 11.5 Å². The Morgan fingerprint density at radius 1 is 1.44 bits per heavy atom. The van der Waals surface area contributed by atoms with Crippen LogP contribution in [0.4, 0.5) is 0 Å². The van der Waals surface area contributed by atoms with Gasteiger partial charge in [-0.25, -0.2) is 0 Å². The molecule has 1 aromatic rings. The van der Waals surface area contributed by atoms with Crippen molar-refractivity contribution < 1.29 is 19.4 Å². The molecule has 1 aromatic carbocycles. The van der Waals surface area contributed by atoms with Crippen LogP contribution in [0.25, 0.3) is 0 Å². The van der Waals surface area contributed by atoms with Gasteiger partial charge in [0.25, 0.3) is 0 Å². The van der Waals surface area contributed by atoms with Gasteiger partial charge in [-0.2, -0.15) is 0 Å². The molecule has 0 fully saturated rings. The molecule has 100 valence electrons. The molecule has 0 aliphatic rings. The molecule has 0 spiro atoms. The summed E-state index contributed by atoms with van der Waals surface area (Å²) in [4.78, 5) is 10.7. The minimum atomic E-state index is -0.715. The van der Waals surface area contributed by atoms with E-state index in [0.29, 0.717) is 17.9 Å². The zero-order valence-electron chi connectivity index (χ0n) is 10.3. The highest BCUT2D eigenvalue weighted by Gasteiger charge is 2.10. The molecule has 0 aliphatic carbocycles. The van der Waals surface area contributed by atoms with Crippen molar-refractivity contribution in [2.45, 2.75) is 19.1 Å². The average molecular weight is 254 g/mol. The number of nitrogens with two attached hydrogens (primary N) is 2. The molecule has 0 radical (unpaired) electrons. The first-order valence-corrected chi connectivity index (χ1v) is 5.54. The van der Waals surface area contributed by atoms with Crippen LogP contribution in [-0.2, 0) is 11.4 Å². The number of methoxy groups -OCH3 is 1. The van der Waals surface area contributed by atoms with E-state index in [1.54, 1.807) is 18.2 Å². The van der Waals surface area contributed by atoms with Gasteiger partial charge in [0.2, 0.25) is 5.91 Å². The molecule has 1 atom stereocenters. The van der Waals surface area contributed by atoms with E-state index in [0.717, 1.165) is 5.56 Å². The van der Waals surface area contributed by atoms with Crippen molar-refractivity contribution >= 4 is 5.91 Å². The van der Waals surface area contributed by atoms with Crippen LogP contribution < -0.4 is 20.9 Å². The van der Waals surface area contributed by atoms with Gasteiger partial charge in [0.05, 0.1) is 26.4 Å². The quantitative estimate of drug-likeness (QED) is 0.623. The maximum Gasteiger partial charge on any atom is 0.234 e. The molecule has 0 bridgehead atoms. The van der Waals surface area contributed by atoms with Crippen LogP contribution in [0.5, 0.6) is 11.5 Å². The maximum absolute atomic E-state index is 10.7. The molecule has 0 saturated heterocycles. The van der Waals surface area contributed by atoms with Gasteiger partial charge in [0.1, 0.15) is 0 Å². The molecule has 0 aromatic heterocycles. The number of carbonyl (C=O) groups excluding carboxylic acids is 1. The summed E-state index contributed by atoms with van der Waals surface area (Å²) in [6, 6.07) is 4.39. The molecule has 0 aliphatic heterocycles. The van der Waals surface area contributed by atoms with Crippen molar-refractivity contribution in [1.29, 1.82) is 0 Å². The van der Waals surface area contributed by atoms with Gasteiger partial charge in [-0.05, 0) is 17.7 Å². The van der Waals surface area contributed by atoms with Gasteiger partial charge < -0.3 is 26.0 Å². The van der Waals surface area contributed by atoms with E-state index in [1.165, 1.54) is 7.11 Å². The fourth-order valence-electron chi connectivity index (χ4n) is 1.37. The van der Waals surface area contributed by atoms with Crippen LogP contribution in [0.1, 0.15) is 12.0 Å². The van der Waals surface area contributed by atoms with Crippen molar-refractivity contribution in [1.82, 2.24) is 0 Å². The third-order valence-corrected chi connectivity index (χ3v) is 2.46. The molecular formula is C12H18N2O4. The highest BCUT2D eigenvalue weighted by atomic mass is 16.5. The number of ether oxygens (including phenoxy) is 2. The van der Waals surface area contributed by atoms with Gasteiger partial charge in [-0.15, -0.1) is 0 Å². The van der Waals surface area contributed by atoms with E-state index in [-0.39, 0.29) is 13.2 Å². The number of carbonyl (C=O) groups is 1. The number of amides is 1. The second-order valence-corrected chi connectivity index (χ2v) is 3.79. The first-order valence-electron chi connectivity index (χ1n) is 5.54. The van der Waals surface area contributed by atoms with Gasteiger partial charge >= 0.3 is 0 Å². The second-order valence-electron chi connectivity index (χ2n) is 3.79. The Morgan fingerprint density at radius 3 is 2.72 bits per heavy atom. The number of hydrogen-bond acceptors (Lipinski definition) is 5. The summed E-state index contributed by atoms with van der Waals surface area (Å²) in [6.07, 6.45) is 0.334. The first kappa shape index (κ1) is 14.3. The summed E-state index contributed by atoms with van der Waals surface area (Å²) >= 11 is 0. The molecule has 1 rings (SSSR count). The van der Waals surface area contributed by atoms with Crippen molar-refractivity contribution in [3.05, 3.63) is 23.8 Å². The monoisotopic (exact) mass is 254 g/mol. The van der Waals surface area contributed by atoms with Crippen LogP contribution in [0.15, 0.2) is 18.2 Å². The Hall–Kier alpha value is -1.79. The van der Waals surface area contributed by atoms with Crippen molar-refractivity contribution in [3.63, 3.8) is 0 Å². The fraction of sp³-hybridized carbons (Fsp3) is 0.417. The fourth-order valence-corrected chi connectivity index (χ4v) is 1.37. The Bertz CT molecular complexity index is 409. The molecule has 0 heterocycles. The van der Waals surface area contributed by atoms with E-state index >= 15 is 0 Å². The van der Waals surface area contributed by atoms with Crippen LogP contribution in [0.2, 0.25) is 0 Å². The zero-order chi connectivity index (χ0) is 13.5. The Morgan fingerprint density at radius 2 is 2.17 bits per heavy atom. The van der Waals surface area contributed by atoms with Gasteiger partial charge in [0, 0.05) is 6.42 Å². The predicted molar refractivity (Wildman–Crippen MR) is 66.2 cm³/mol. The Labute approximate surface area is 105 Å². The first-order chi connectivity index (χ1) is 8.58. The lowest BCUT2D eigenvalue weighted by atomic mass is 10.2. The van der Waals surface area contributed by atoms with E-state index in [2.05, 4.69) is 0 Å². The number of rotatable bonds is 7. The Kier molecular flexibility index (Phi) is 5.41. The summed E-state index contributed by atoms with van der Waals surface area (Å²) < 4.78 is 10.6. The Balaban J connectivity index is 2.59. The molecule has 1 unspecified atom stereocenters. The molecule has 6 heteroatoms. The number of primary amides is 1. The normalized spacial score (nSPS) is 11.9. The second kappa shape index (κ2) is 6.83. The molecule has 18 heavy (non-hydrogen) atoms. The maximum atomic E-state index is 10.7. The van der Waals surface area contributed by atoms with Crippen LogP contribution in [0, 0.1) is 0 Å². The average Bonchev–Trinajstić information content (AvgIpc) is 2.38. The van der Waals surface area contributed by atoms with Crippen LogP contribution in [0.3, 0.4) is 0 Å². The summed E-state index contributed by atoms with van der Waals surface area (Å²) in [5.41, 5.74) is 11.2. The standard InChI is InChI=1S/C12H18N2O4/c1-17-11-6-8(7-15)2-3-10(11)18-5-4-9(13)12(14)16/h2-3,6,9,15H,4-5,7,13H2,1H3,(H2,14,16). The third-order valence-electron chi connectivity index (χ3n) is 2.46. The van der Waals surface area contributed by atoms with Crippen molar-refractivity contribution in [3.8, 4) is 11.5 Å². The summed E-state index contributed by atoms with van der Waals surface area (Å²) in [5.74, 6) is 0.502. The lowest BCUT2D eigenvalue weighted by molar-refractivity contribution is -0.119. The van der Waals surface area contributed by atoms with Gasteiger partial charge in [-0.1, -0.05) is 6.07 Å². The van der Waals surface area contributed by atoms with Crippen molar-refractivity contribution in [2.24, 2.45) is 11.5 Å². The SMILES string of the molecule is COc1cc(CO)ccc1OCCC(N)C(N)=O. The number of aliphatic hydroxyl groups excluding tert-OH is 1. The van der Waals surface area contributed by atoms with Crippen LogP contribution >= 0.6 is 0 Å². The largest absolute Gasteiger partial charge is 0.493 e. The number of aliphatic hydroxyl groups is 1. The van der Waals surface area contributed by atoms with E-state index < -0.39 is 11.9 Å². The van der Waals surface area contributed by atoms with Crippen molar-refractivity contribution in [2.75, 3.05) is 13.7 Å². The zero-order valence-corrected chi connectivity index (χ0v) is 10.3. The summed E-state index contributed by atoms with van der Waals surface area (Å²) in [5, 5.41) is 8.99. The highest BCUT2D eigenvalue weighted by molar-refractivity contribution is 5.79. The molecule has 5 N–H and O–H groups in total. The van der Waals surface area contributed by atoms with E-state index in [1.807, 2.05) is 0 Å². The van der Waals surface area contributed by atoms with Gasteiger partial charge in [-0.3, -0.25) is 4.79 Å². The number of benzene rings is 1. The van der Waals surface area contributed by atoms with E-state index in [9.17, 15) is 4.79 Å². The number of hydrogen-bond donors (Lipinski definition) is 3. The molecular weight excluding hydrogens is 236 g/mol. The smallest absolute Gasteiger partial charge is 0.234 e. The lowest BCUT2D eigenvalue weighted by Gasteiger charge is -2.13. The summed E-state index contributed by atoms with van der Waals surface area (Å²) in [6.45, 7) is 0.197. The lowest BCUT2D eigenvalue weighted by Crippen LogP contribution is -2.37. The molecule has 6 nitrogen and oxygen atoms in total. The predicted octanol–water partition coefficient (Wildman–Crippen LogP) is -0.231.